The first-order chi connectivity index (χ1) is 11.8. The zero-order valence-corrected chi connectivity index (χ0v) is 16.7. The van der Waals surface area contributed by atoms with Crippen molar-refractivity contribution in [3.8, 4) is 0 Å². The summed E-state index contributed by atoms with van der Waals surface area (Å²) in [6, 6.07) is 4.71. The van der Waals surface area contributed by atoms with E-state index in [1.807, 2.05) is 18.7 Å². The van der Waals surface area contributed by atoms with E-state index < -0.39 is 10.0 Å². The molecule has 1 aliphatic rings. The quantitative estimate of drug-likeness (QED) is 0.784. The van der Waals surface area contributed by atoms with Crippen molar-refractivity contribution < 1.29 is 13.2 Å². The van der Waals surface area contributed by atoms with Crippen LogP contribution in [-0.2, 0) is 14.8 Å². The van der Waals surface area contributed by atoms with Gasteiger partial charge >= 0.3 is 0 Å². The third-order valence-electron chi connectivity index (χ3n) is 4.25. The number of hydrogen-bond acceptors (Lipinski definition) is 4. The van der Waals surface area contributed by atoms with Crippen LogP contribution in [0.2, 0.25) is 10.0 Å². The van der Waals surface area contributed by atoms with Crippen molar-refractivity contribution in [1.29, 1.82) is 0 Å². The summed E-state index contributed by atoms with van der Waals surface area (Å²) in [6.45, 7) is 5.84. The molecule has 1 aliphatic heterocycles. The molecule has 1 heterocycles. The van der Waals surface area contributed by atoms with Gasteiger partial charge in [0.25, 0.3) is 0 Å². The van der Waals surface area contributed by atoms with Crippen molar-refractivity contribution in [3.63, 3.8) is 0 Å². The summed E-state index contributed by atoms with van der Waals surface area (Å²) >= 11 is 12.0. The number of carbonyl (C=O) groups is 1. The lowest BCUT2D eigenvalue weighted by Gasteiger charge is -2.33. The minimum Gasteiger partial charge on any atom is -0.353 e. The number of benzene rings is 1. The molecule has 1 fully saturated rings. The van der Waals surface area contributed by atoms with Gasteiger partial charge in [-0.3, -0.25) is 9.69 Å². The summed E-state index contributed by atoms with van der Waals surface area (Å²) in [4.78, 5) is 13.9. The van der Waals surface area contributed by atoms with E-state index in [1.54, 1.807) is 12.1 Å². The van der Waals surface area contributed by atoms with Gasteiger partial charge in [0.05, 0.1) is 16.6 Å². The molecule has 0 radical (unpaired) electrons. The molecule has 1 saturated heterocycles. The summed E-state index contributed by atoms with van der Waals surface area (Å²) in [6.07, 6.45) is 0.873. The van der Waals surface area contributed by atoms with Crippen molar-refractivity contribution in [2.24, 2.45) is 0 Å². The van der Waals surface area contributed by atoms with Crippen LogP contribution in [0.15, 0.2) is 23.1 Å². The van der Waals surface area contributed by atoms with Gasteiger partial charge in [-0.2, -0.15) is 4.31 Å². The number of amides is 1. The fourth-order valence-electron chi connectivity index (χ4n) is 2.58. The summed E-state index contributed by atoms with van der Waals surface area (Å²) in [5.74, 6) is -0.0384. The lowest BCUT2D eigenvalue weighted by atomic mass is 10.2. The number of piperazine rings is 1. The summed E-state index contributed by atoms with van der Waals surface area (Å²) in [5, 5.41) is 3.17. The summed E-state index contributed by atoms with van der Waals surface area (Å²) in [5.41, 5.74) is 0. The molecule has 1 N–H and O–H groups in total. The molecule has 1 aromatic carbocycles. The first-order valence-electron chi connectivity index (χ1n) is 8.21. The Morgan fingerprint density at radius 3 is 2.48 bits per heavy atom. The highest BCUT2D eigenvalue weighted by Gasteiger charge is 2.31. The maximum Gasteiger partial charge on any atom is 0.244 e. The van der Waals surface area contributed by atoms with E-state index in [4.69, 9.17) is 23.2 Å². The Hall–Kier alpha value is -0.860. The predicted octanol–water partition coefficient (Wildman–Crippen LogP) is 2.21. The van der Waals surface area contributed by atoms with Crippen LogP contribution >= 0.6 is 23.2 Å². The van der Waals surface area contributed by atoms with Crippen LogP contribution in [0.3, 0.4) is 0 Å². The van der Waals surface area contributed by atoms with E-state index in [2.05, 4.69) is 5.32 Å². The van der Waals surface area contributed by atoms with Crippen LogP contribution < -0.4 is 5.32 Å². The highest BCUT2D eigenvalue weighted by molar-refractivity contribution is 7.89. The molecule has 140 valence electrons. The molecule has 1 amide bonds. The Balaban J connectivity index is 1.97. The SMILES string of the molecule is CC[C@H](C)NC(=O)CN1CCN(S(=O)(=O)c2cccc(Cl)c2Cl)CC1. The number of sulfonamides is 1. The second-order valence-corrected chi connectivity index (χ2v) is 8.80. The molecule has 1 aromatic rings. The molecule has 0 saturated carbocycles. The number of nitrogens with zero attached hydrogens (tertiary/aromatic N) is 2. The van der Waals surface area contributed by atoms with Gasteiger partial charge in [0.2, 0.25) is 15.9 Å². The zero-order valence-electron chi connectivity index (χ0n) is 14.3. The van der Waals surface area contributed by atoms with Gasteiger partial charge in [0.15, 0.2) is 0 Å². The highest BCUT2D eigenvalue weighted by Crippen LogP contribution is 2.31. The van der Waals surface area contributed by atoms with E-state index in [-0.39, 0.29) is 33.4 Å². The van der Waals surface area contributed by atoms with Crippen molar-refractivity contribution in [1.82, 2.24) is 14.5 Å². The Morgan fingerprint density at radius 2 is 1.88 bits per heavy atom. The van der Waals surface area contributed by atoms with Crippen molar-refractivity contribution >= 4 is 39.1 Å². The monoisotopic (exact) mass is 407 g/mol. The van der Waals surface area contributed by atoms with Crippen molar-refractivity contribution in [2.75, 3.05) is 32.7 Å². The molecule has 9 heteroatoms. The van der Waals surface area contributed by atoms with E-state index in [1.165, 1.54) is 10.4 Å². The molecular weight excluding hydrogens is 385 g/mol. The molecule has 0 unspecified atom stereocenters. The third kappa shape index (κ3) is 5.08. The maximum atomic E-state index is 12.8. The zero-order chi connectivity index (χ0) is 18.6. The minimum absolute atomic E-state index is 0.0182. The van der Waals surface area contributed by atoms with Gasteiger partial charge < -0.3 is 5.32 Å². The van der Waals surface area contributed by atoms with E-state index in [0.717, 1.165) is 6.42 Å². The third-order valence-corrected chi connectivity index (χ3v) is 7.12. The van der Waals surface area contributed by atoms with Gasteiger partial charge in [-0.1, -0.05) is 36.2 Å². The molecular formula is C16H23Cl2N3O3S. The molecule has 0 spiro atoms. The molecule has 0 aliphatic carbocycles. The first kappa shape index (κ1) is 20.5. The average molecular weight is 408 g/mol. The average Bonchev–Trinajstić information content (AvgIpc) is 2.57. The first-order valence-corrected chi connectivity index (χ1v) is 10.4. The molecule has 6 nitrogen and oxygen atoms in total. The molecule has 0 bridgehead atoms. The topological polar surface area (TPSA) is 69.7 Å². The molecule has 25 heavy (non-hydrogen) atoms. The standard InChI is InChI=1S/C16H23Cl2N3O3S/c1-3-12(2)19-15(22)11-20-7-9-21(10-8-20)25(23,24)14-6-4-5-13(17)16(14)18/h4-6,12H,3,7-11H2,1-2H3,(H,19,22)/t12-/m0/s1. The lowest BCUT2D eigenvalue weighted by molar-refractivity contribution is -0.123. The number of rotatable bonds is 6. The van der Waals surface area contributed by atoms with Crippen molar-refractivity contribution in [2.45, 2.75) is 31.2 Å². The van der Waals surface area contributed by atoms with Crippen molar-refractivity contribution in [3.05, 3.63) is 28.2 Å². The summed E-state index contributed by atoms with van der Waals surface area (Å²) in [7, 11) is -3.70. The van der Waals surface area contributed by atoms with Crippen LogP contribution in [0, 0.1) is 0 Å². The van der Waals surface area contributed by atoms with Crippen LogP contribution in [0.25, 0.3) is 0 Å². The van der Waals surface area contributed by atoms with Gasteiger partial charge in [-0.15, -0.1) is 0 Å². The van der Waals surface area contributed by atoms with Gasteiger partial charge in [-0.25, -0.2) is 8.42 Å². The number of nitrogens with one attached hydrogen (secondary N) is 1. The van der Waals surface area contributed by atoms with E-state index >= 15 is 0 Å². The molecule has 1 atom stereocenters. The van der Waals surface area contributed by atoms with E-state index in [9.17, 15) is 13.2 Å². The van der Waals surface area contributed by atoms with Gasteiger partial charge in [-0.05, 0) is 25.5 Å². The van der Waals surface area contributed by atoms with Gasteiger partial charge in [0, 0.05) is 32.2 Å². The fourth-order valence-corrected chi connectivity index (χ4v) is 4.73. The highest BCUT2D eigenvalue weighted by atomic mass is 35.5. The Morgan fingerprint density at radius 1 is 1.24 bits per heavy atom. The normalized spacial score (nSPS) is 18.1. The second-order valence-electron chi connectivity index (χ2n) is 6.11. The fraction of sp³-hybridized carbons (Fsp3) is 0.562. The van der Waals surface area contributed by atoms with Crippen LogP contribution in [-0.4, -0.2) is 62.3 Å². The number of carbonyl (C=O) groups excluding carboxylic acids is 1. The van der Waals surface area contributed by atoms with Crippen LogP contribution in [0.1, 0.15) is 20.3 Å². The molecule has 2 rings (SSSR count). The second kappa shape index (κ2) is 8.68. The number of hydrogen-bond donors (Lipinski definition) is 1. The van der Waals surface area contributed by atoms with Gasteiger partial charge in [0.1, 0.15) is 4.90 Å². The predicted molar refractivity (Wildman–Crippen MR) is 99.6 cm³/mol. The summed E-state index contributed by atoms with van der Waals surface area (Å²) < 4.78 is 26.9. The maximum absolute atomic E-state index is 12.8. The Kier molecular flexibility index (Phi) is 7.10. The Labute approximate surface area is 159 Å². The largest absolute Gasteiger partial charge is 0.353 e. The Bertz CT molecular complexity index is 719. The van der Waals surface area contributed by atoms with E-state index in [0.29, 0.717) is 26.2 Å². The van der Waals surface area contributed by atoms with Crippen LogP contribution in [0.4, 0.5) is 0 Å². The minimum atomic E-state index is -3.70. The number of halogens is 2. The lowest BCUT2D eigenvalue weighted by Crippen LogP contribution is -2.51. The smallest absolute Gasteiger partial charge is 0.244 e. The molecule has 0 aromatic heterocycles. The van der Waals surface area contributed by atoms with Crippen LogP contribution in [0.5, 0.6) is 0 Å².